The smallest absolute Gasteiger partial charge is 0.188 e. The fourth-order valence-electron chi connectivity index (χ4n) is 0.505. The van der Waals surface area contributed by atoms with Crippen molar-refractivity contribution in [1.82, 2.24) is 0 Å². The molecular formula is C7H16O3. The molecular weight excluding hydrogens is 132 g/mol. The van der Waals surface area contributed by atoms with Gasteiger partial charge in [0.2, 0.25) is 0 Å². The molecule has 62 valence electrons. The minimum absolute atomic E-state index is 0.542. The molecule has 1 unspecified atom stereocenters. The van der Waals surface area contributed by atoms with Gasteiger partial charge in [-0.05, 0) is 6.42 Å². The van der Waals surface area contributed by atoms with Crippen molar-refractivity contribution >= 4 is 0 Å². The standard InChI is InChI=1S/C7H16O3/c1-3-5-7(8)10-9-6-4-2/h7-8H,3-6H2,1-2H3. The molecule has 0 heterocycles. The zero-order valence-corrected chi connectivity index (χ0v) is 6.67. The number of aliphatic hydroxyl groups excluding tert-OH is 1. The van der Waals surface area contributed by atoms with E-state index in [-0.39, 0.29) is 0 Å². The van der Waals surface area contributed by atoms with E-state index >= 15 is 0 Å². The van der Waals surface area contributed by atoms with E-state index in [9.17, 15) is 0 Å². The fourth-order valence-corrected chi connectivity index (χ4v) is 0.505. The molecule has 3 heteroatoms. The van der Waals surface area contributed by atoms with Crippen LogP contribution in [0.3, 0.4) is 0 Å². The Morgan fingerprint density at radius 1 is 1.30 bits per heavy atom. The Bertz CT molecular complexity index is 65.9. The zero-order valence-electron chi connectivity index (χ0n) is 6.67. The molecule has 0 bridgehead atoms. The lowest BCUT2D eigenvalue weighted by atomic mass is 10.3. The van der Waals surface area contributed by atoms with E-state index in [4.69, 9.17) is 5.11 Å². The van der Waals surface area contributed by atoms with Crippen molar-refractivity contribution in [3.8, 4) is 0 Å². The van der Waals surface area contributed by atoms with Crippen molar-refractivity contribution in [3.63, 3.8) is 0 Å². The molecule has 0 amide bonds. The summed E-state index contributed by atoms with van der Waals surface area (Å²) in [6.45, 7) is 4.50. The van der Waals surface area contributed by atoms with Crippen LogP contribution in [0.25, 0.3) is 0 Å². The zero-order chi connectivity index (χ0) is 7.82. The summed E-state index contributed by atoms with van der Waals surface area (Å²) in [5.74, 6) is 0. The van der Waals surface area contributed by atoms with Gasteiger partial charge < -0.3 is 5.11 Å². The molecule has 0 spiro atoms. The van der Waals surface area contributed by atoms with Crippen molar-refractivity contribution < 1.29 is 14.9 Å². The Hall–Kier alpha value is -0.120. The van der Waals surface area contributed by atoms with Crippen LogP contribution in [0, 0.1) is 0 Å². The third-order valence-electron chi connectivity index (χ3n) is 1.00. The first-order valence-electron chi connectivity index (χ1n) is 3.77. The summed E-state index contributed by atoms with van der Waals surface area (Å²) in [7, 11) is 0. The molecule has 0 aliphatic rings. The first kappa shape index (κ1) is 9.88. The van der Waals surface area contributed by atoms with E-state index in [2.05, 4.69) is 9.78 Å². The summed E-state index contributed by atoms with van der Waals surface area (Å²) in [6, 6.07) is 0. The van der Waals surface area contributed by atoms with Gasteiger partial charge in [-0.1, -0.05) is 20.3 Å². The van der Waals surface area contributed by atoms with Gasteiger partial charge in [0.1, 0.15) is 0 Å². The molecule has 0 radical (unpaired) electrons. The molecule has 1 N–H and O–H groups in total. The normalized spacial score (nSPS) is 13.5. The molecule has 3 nitrogen and oxygen atoms in total. The Balaban J connectivity index is 2.97. The van der Waals surface area contributed by atoms with Gasteiger partial charge in [0, 0.05) is 6.42 Å². The van der Waals surface area contributed by atoms with Gasteiger partial charge in [0.25, 0.3) is 0 Å². The van der Waals surface area contributed by atoms with Gasteiger partial charge >= 0.3 is 0 Å². The number of rotatable bonds is 6. The van der Waals surface area contributed by atoms with Crippen LogP contribution in [-0.2, 0) is 9.78 Å². The van der Waals surface area contributed by atoms with E-state index in [0.717, 1.165) is 12.8 Å². The highest BCUT2D eigenvalue weighted by Gasteiger charge is 2.01. The quantitative estimate of drug-likeness (QED) is 0.268. The average molecular weight is 148 g/mol. The average Bonchev–Trinajstić information content (AvgIpc) is 1.89. The number of hydrogen-bond acceptors (Lipinski definition) is 3. The van der Waals surface area contributed by atoms with E-state index in [0.29, 0.717) is 13.0 Å². The fraction of sp³-hybridized carbons (Fsp3) is 1.00. The summed E-state index contributed by atoms with van der Waals surface area (Å²) in [5.41, 5.74) is 0. The maximum absolute atomic E-state index is 8.93. The van der Waals surface area contributed by atoms with Crippen LogP contribution in [0.4, 0.5) is 0 Å². The van der Waals surface area contributed by atoms with E-state index < -0.39 is 6.29 Å². The number of hydrogen-bond donors (Lipinski definition) is 1. The Labute approximate surface area is 61.9 Å². The summed E-state index contributed by atoms with van der Waals surface area (Å²) in [5, 5.41) is 8.93. The molecule has 0 aliphatic heterocycles. The van der Waals surface area contributed by atoms with Crippen molar-refractivity contribution in [2.45, 2.75) is 39.4 Å². The molecule has 1 atom stereocenters. The lowest BCUT2D eigenvalue weighted by molar-refractivity contribution is -0.370. The van der Waals surface area contributed by atoms with Crippen molar-refractivity contribution in [2.75, 3.05) is 6.61 Å². The SMILES string of the molecule is CCCOOC(O)CCC. The summed E-state index contributed by atoms with van der Waals surface area (Å²) >= 11 is 0. The second kappa shape index (κ2) is 6.99. The van der Waals surface area contributed by atoms with Gasteiger partial charge in [-0.15, -0.1) is 0 Å². The predicted molar refractivity (Wildman–Crippen MR) is 38.2 cm³/mol. The van der Waals surface area contributed by atoms with Crippen LogP contribution in [0.1, 0.15) is 33.1 Å². The molecule has 0 rings (SSSR count). The van der Waals surface area contributed by atoms with Gasteiger partial charge in [0.15, 0.2) is 6.29 Å². The predicted octanol–water partition coefficient (Wildman–Crippen LogP) is 1.46. The van der Waals surface area contributed by atoms with Crippen molar-refractivity contribution in [2.24, 2.45) is 0 Å². The van der Waals surface area contributed by atoms with Crippen LogP contribution < -0.4 is 0 Å². The van der Waals surface area contributed by atoms with Crippen molar-refractivity contribution in [3.05, 3.63) is 0 Å². The van der Waals surface area contributed by atoms with E-state index in [1.807, 2.05) is 13.8 Å². The highest BCUT2D eigenvalue weighted by atomic mass is 17.2. The first-order chi connectivity index (χ1) is 4.81. The van der Waals surface area contributed by atoms with Crippen LogP contribution in [0.2, 0.25) is 0 Å². The summed E-state index contributed by atoms with van der Waals surface area (Å²) < 4.78 is 0. The maximum Gasteiger partial charge on any atom is 0.188 e. The lowest BCUT2D eigenvalue weighted by Crippen LogP contribution is -2.11. The minimum Gasteiger partial charge on any atom is -0.366 e. The molecule has 10 heavy (non-hydrogen) atoms. The molecule has 0 saturated heterocycles. The Kier molecular flexibility index (Phi) is 6.91. The van der Waals surface area contributed by atoms with E-state index in [1.54, 1.807) is 0 Å². The van der Waals surface area contributed by atoms with Crippen LogP contribution in [0.15, 0.2) is 0 Å². The minimum atomic E-state index is -0.753. The highest BCUT2D eigenvalue weighted by Crippen LogP contribution is 1.98. The van der Waals surface area contributed by atoms with Gasteiger partial charge in [-0.2, -0.15) is 0 Å². The van der Waals surface area contributed by atoms with Crippen LogP contribution in [-0.4, -0.2) is 18.0 Å². The third-order valence-corrected chi connectivity index (χ3v) is 1.00. The first-order valence-corrected chi connectivity index (χ1v) is 3.77. The second-order valence-electron chi connectivity index (χ2n) is 2.16. The monoisotopic (exact) mass is 148 g/mol. The maximum atomic E-state index is 8.93. The van der Waals surface area contributed by atoms with Crippen LogP contribution >= 0.6 is 0 Å². The summed E-state index contributed by atoms with van der Waals surface area (Å²) in [6.07, 6.45) is 1.68. The van der Waals surface area contributed by atoms with Crippen molar-refractivity contribution in [1.29, 1.82) is 0 Å². The van der Waals surface area contributed by atoms with Gasteiger partial charge in [-0.3, -0.25) is 0 Å². The molecule has 0 saturated carbocycles. The Morgan fingerprint density at radius 2 is 2.00 bits per heavy atom. The highest BCUT2D eigenvalue weighted by molar-refractivity contribution is 4.34. The lowest BCUT2D eigenvalue weighted by Gasteiger charge is -2.07. The van der Waals surface area contributed by atoms with Gasteiger partial charge in [-0.25, -0.2) is 9.78 Å². The summed E-state index contributed by atoms with van der Waals surface area (Å²) in [4.78, 5) is 9.23. The Morgan fingerprint density at radius 3 is 2.50 bits per heavy atom. The molecule has 0 aromatic carbocycles. The van der Waals surface area contributed by atoms with E-state index in [1.165, 1.54) is 0 Å². The van der Waals surface area contributed by atoms with Gasteiger partial charge in [0.05, 0.1) is 6.61 Å². The molecule has 0 fully saturated rings. The topological polar surface area (TPSA) is 38.7 Å². The molecule has 0 aliphatic carbocycles. The van der Waals surface area contributed by atoms with Crippen LogP contribution in [0.5, 0.6) is 0 Å². The number of aliphatic hydroxyl groups is 1. The third kappa shape index (κ3) is 6.01. The largest absolute Gasteiger partial charge is 0.366 e. The molecule has 0 aromatic rings. The molecule has 0 aromatic heterocycles. The second-order valence-corrected chi connectivity index (χ2v) is 2.16.